The van der Waals surface area contributed by atoms with Crippen LogP contribution in [0.25, 0.3) is 0 Å². The van der Waals surface area contributed by atoms with Gasteiger partial charge in [0.2, 0.25) is 0 Å². The minimum absolute atomic E-state index is 0. The number of morpholine rings is 1. The van der Waals surface area contributed by atoms with Crippen molar-refractivity contribution < 1.29 is 36.6 Å². The largest absolute Gasteiger partial charge is 0.497 e. The van der Waals surface area contributed by atoms with E-state index in [1.54, 1.807) is 17.0 Å². The van der Waals surface area contributed by atoms with Gasteiger partial charge in [0, 0.05) is 57.4 Å². The van der Waals surface area contributed by atoms with E-state index in [9.17, 15) is 22.4 Å². The number of carbonyl (C=O) groups is 1. The second-order valence-corrected chi connectivity index (χ2v) is 10.6. The van der Waals surface area contributed by atoms with Gasteiger partial charge in [0.05, 0.1) is 32.0 Å². The Morgan fingerprint density at radius 1 is 0.929 bits per heavy atom. The van der Waals surface area contributed by atoms with Crippen LogP contribution in [0.4, 0.5) is 17.6 Å². The maximum atomic E-state index is 14.1. The van der Waals surface area contributed by atoms with E-state index in [0.29, 0.717) is 26.1 Å². The maximum absolute atomic E-state index is 14.1. The van der Waals surface area contributed by atoms with Gasteiger partial charge in [-0.2, -0.15) is 13.2 Å². The Labute approximate surface area is 256 Å². The molecule has 0 N–H and O–H groups in total. The number of methoxy groups -OCH3 is 2. The van der Waals surface area contributed by atoms with Gasteiger partial charge in [-0.15, -0.1) is 24.8 Å². The quantitative estimate of drug-likeness (QED) is 0.371. The summed E-state index contributed by atoms with van der Waals surface area (Å²) in [5.41, 5.74) is -0.263. The lowest BCUT2D eigenvalue weighted by Crippen LogP contribution is -2.57. The van der Waals surface area contributed by atoms with Crippen molar-refractivity contribution in [3.05, 3.63) is 58.9 Å². The molecule has 2 aromatic rings. The van der Waals surface area contributed by atoms with Crippen LogP contribution in [0.1, 0.15) is 35.3 Å². The SMILES string of the molecule is COc1cc(C(=O)N2CCN(CCN3C[C@@H](C)O[C@@H](C)C3)C[C@H]2Cc2ccc(F)c(OC)c2)cc(C(F)(F)F)c1.Cl.Cl. The Morgan fingerprint density at radius 3 is 2.21 bits per heavy atom. The number of alkyl halides is 3. The number of amides is 1. The number of hydrogen-bond acceptors (Lipinski definition) is 6. The van der Waals surface area contributed by atoms with Gasteiger partial charge in [0.1, 0.15) is 5.75 Å². The third-order valence-corrected chi connectivity index (χ3v) is 7.46. The van der Waals surface area contributed by atoms with Crippen LogP contribution in [0.15, 0.2) is 36.4 Å². The highest BCUT2D eigenvalue weighted by Crippen LogP contribution is 2.33. The summed E-state index contributed by atoms with van der Waals surface area (Å²) in [6.45, 7) is 8.88. The predicted octanol–water partition coefficient (Wildman–Crippen LogP) is 5.18. The Hall–Kier alpha value is -2.31. The van der Waals surface area contributed by atoms with Crippen LogP contribution >= 0.6 is 24.8 Å². The molecule has 2 aromatic carbocycles. The van der Waals surface area contributed by atoms with E-state index in [2.05, 4.69) is 23.6 Å². The van der Waals surface area contributed by atoms with Crippen molar-refractivity contribution in [2.45, 2.75) is 44.7 Å². The summed E-state index contributed by atoms with van der Waals surface area (Å²) in [6.07, 6.45) is -3.92. The number of ether oxygens (including phenoxy) is 3. The summed E-state index contributed by atoms with van der Waals surface area (Å²) in [4.78, 5) is 19.9. The van der Waals surface area contributed by atoms with E-state index in [-0.39, 0.29) is 60.1 Å². The Kier molecular flexibility index (Phi) is 13.2. The molecule has 2 aliphatic rings. The smallest absolute Gasteiger partial charge is 0.416 e. The number of carbonyl (C=O) groups excluding carboxylic acids is 1. The van der Waals surface area contributed by atoms with Crippen molar-refractivity contribution in [1.82, 2.24) is 14.7 Å². The molecule has 0 spiro atoms. The molecular formula is C29H39Cl2F4N3O4. The van der Waals surface area contributed by atoms with Gasteiger partial charge in [-0.3, -0.25) is 14.6 Å². The third kappa shape index (κ3) is 9.09. The fourth-order valence-electron chi connectivity index (χ4n) is 5.59. The van der Waals surface area contributed by atoms with Crippen molar-refractivity contribution in [3.8, 4) is 11.5 Å². The van der Waals surface area contributed by atoms with Crippen LogP contribution in [0, 0.1) is 5.82 Å². The van der Waals surface area contributed by atoms with Crippen molar-refractivity contribution in [1.29, 1.82) is 0 Å². The van der Waals surface area contributed by atoms with Gasteiger partial charge in [0.25, 0.3) is 5.91 Å². The Morgan fingerprint density at radius 2 is 1.60 bits per heavy atom. The van der Waals surface area contributed by atoms with Crippen molar-refractivity contribution >= 4 is 30.7 Å². The summed E-state index contributed by atoms with van der Waals surface area (Å²) in [5, 5.41) is 0. The van der Waals surface area contributed by atoms with Crippen LogP contribution in [0.3, 0.4) is 0 Å². The summed E-state index contributed by atoms with van der Waals surface area (Å²) in [5.74, 6) is -0.930. The standard InChI is InChI=1S/C29H37F4N3O4.2ClH/c1-19-16-35(17-20(2)40-19)8-7-34-9-10-36(24(18-34)11-21-5-6-26(30)27(12-21)39-4)28(37)22-13-23(29(31,32)33)15-25(14-22)38-3;;/h5-6,12-15,19-20,24H,7-11,16-18H2,1-4H3;2*1H/t19-,20+,24-;;/m1../s1. The molecule has 4 rings (SSSR count). The highest BCUT2D eigenvalue weighted by molar-refractivity contribution is 5.95. The number of nitrogens with zero attached hydrogens (tertiary/aromatic N) is 3. The minimum Gasteiger partial charge on any atom is -0.497 e. The lowest BCUT2D eigenvalue weighted by atomic mass is 9.99. The molecule has 2 fully saturated rings. The zero-order valence-electron chi connectivity index (χ0n) is 24.2. The van der Waals surface area contributed by atoms with Crippen LogP contribution < -0.4 is 9.47 Å². The van der Waals surface area contributed by atoms with E-state index in [1.807, 2.05) is 0 Å². The zero-order chi connectivity index (χ0) is 29.0. The first kappa shape index (κ1) is 35.9. The number of piperazine rings is 1. The number of benzene rings is 2. The van der Waals surface area contributed by atoms with E-state index in [4.69, 9.17) is 14.2 Å². The molecule has 2 aliphatic heterocycles. The molecule has 3 atom stereocenters. The van der Waals surface area contributed by atoms with E-state index in [1.165, 1.54) is 26.4 Å². The number of rotatable bonds is 8. The molecule has 236 valence electrons. The molecule has 0 saturated carbocycles. The minimum atomic E-state index is -4.62. The predicted molar refractivity (Wildman–Crippen MR) is 157 cm³/mol. The second-order valence-electron chi connectivity index (χ2n) is 10.6. The molecule has 2 saturated heterocycles. The molecule has 2 heterocycles. The van der Waals surface area contributed by atoms with Gasteiger partial charge in [-0.05, 0) is 56.2 Å². The molecular weight excluding hydrogens is 601 g/mol. The lowest BCUT2D eigenvalue weighted by molar-refractivity contribution is -0.137. The number of halogens is 6. The molecule has 7 nitrogen and oxygen atoms in total. The normalized spacial score (nSPS) is 21.7. The van der Waals surface area contributed by atoms with Crippen LogP contribution in [-0.2, 0) is 17.3 Å². The van der Waals surface area contributed by atoms with Gasteiger partial charge in [0.15, 0.2) is 11.6 Å². The first-order valence-corrected chi connectivity index (χ1v) is 13.5. The van der Waals surface area contributed by atoms with Gasteiger partial charge in [-0.25, -0.2) is 4.39 Å². The molecule has 42 heavy (non-hydrogen) atoms. The first-order chi connectivity index (χ1) is 19.0. The Balaban J connectivity index is 0.00000308. The van der Waals surface area contributed by atoms with Gasteiger partial charge < -0.3 is 19.1 Å². The van der Waals surface area contributed by atoms with Crippen molar-refractivity contribution in [2.24, 2.45) is 0 Å². The summed E-state index contributed by atoms with van der Waals surface area (Å²) < 4.78 is 70.8. The first-order valence-electron chi connectivity index (χ1n) is 13.5. The summed E-state index contributed by atoms with van der Waals surface area (Å²) in [7, 11) is 2.65. The molecule has 13 heteroatoms. The zero-order valence-corrected chi connectivity index (χ0v) is 25.8. The molecule has 0 aromatic heterocycles. The van der Waals surface area contributed by atoms with Gasteiger partial charge >= 0.3 is 6.18 Å². The summed E-state index contributed by atoms with van der Waals surface area (Å²) in [6, 6.07) is 7.30. The summed E-state index contributed by atoms with van der Waals surface area (Å²) >= 11 is 0. The average molecular weight is 641 g/mol. The van der Waals surface area contributed by atoms with Crippen molar-refractivity contribution in [3.63, 3.8) is 0 Å². The highest BCUT2D eigenvalue weighted by atomic mass is 35.5. The lowest BCUT2D eigenvalue weighted by Gasteiger charge is -2.43. The maximum Gasteiger partial charge on any atom is 0.416 e. The van der Waals surface area contributed by atoms with Gasteiger partial charge in [-0.1, -0.05) is 6.07 Å². The van der Waals surface area contributed by atoms with Crippen LogP contribution in [-0.4, -0.2) is 98.9 Å². The van der Waals surface area contributed by atoms with Crippen molar-refractivity contribution in [2.75, 3.05) is 60.0 Å². The van der Waals surface area contributed by atoms with E-state index < -0.39 is 23.5 Å². The molecule has 0 aliphatic carbocycles. The topological polar surface area (TPSA) is 54.5 Å². The molecule has 0 unspecified atom stereocenters. The number of hydrogen-bond donors (Lipinski definition) is 0. The fraction of sp³-hybridized carbons (Fsp3) is 0.552. The molecule has 0 bridgehead atoms. The monoisotopic (exact) mass is 639 g/mol. The fourth-order valence-corrected chi connectivity index (χ4v) is 5.59. The third-order valence-electron chi connectivity index (χ3n) is 7.46. The molecule has 0 radical (unpaired) electrons. The second kappa shape index (κ2) is 15.4. The Bertz CT molecular complexity index is 1180. The average Bonchev–Trinajstić information content (AvgIpc) is 2.91. The van der Waals surface area contributed by atoms with E-state index >= 15 is 0 Å². The van der Waals surface area contributed by atoms with Crippen LogP contribution in [0.2, 0.25) is 0 Å². The molecule has 1 amide bonds. The highest BCUT2D eigenvalue weighted by Gasteiger charge is 2.35. The van der Waals surface area contributed by atoms with Crippen LogP contribution in [0.5, 0.6) is 11.5 Å². The van der Waals surface area contributed by atoms with E-state index in [0.717, 1.165) is 43.9 Å².